The van der Waals surface area contributed by atoms with Crippen LogP contribution >= 0.6 is 0 Å². The first-order valence-electron chi connectivity index (χ1n) is 28.1. The number of hydrogen-bond donors (Lipinski definition) is 12. The molecule has 1 amide bonds. The molecule has 82 heavy (non-hydrogen) atoms. The van der Waals surface area contributed by atoms with E-state index in [0.717, 1.165) is 22.3 Å². The molecule has 20 heteroatoms. The fourth-order valence-corrected chi connectivity index (χ4v) is 10.9. The molecular formula is C62H83NO19. The lowest BCUT2D eigenvalue weighted by molar-refractivity contribution is -0.309. The molecule has 2 aromatic rings. The zero-order valence-electron chi connectivity index (χ0n) is 46.7. The largest absolute Gasteiger partial charge is 0.481 e. The molecule has 3 aliphatic heterocycles. The van der Waals surface area contributed by atoms with Gasteiger partial charge in [-0.25, -0.2) is 4.79 Å². The van der Waals surface area contributed by atoms with Gasteiger partial charge in [0.15, 0.2) is 12.1 Å². The van der Waals surface area contributed by atoms with Crippen molar-refractivity contribution in [3.8, 4) is 11.1 Å². The van der Waals surface area contributed by atoms with Crippen LogP contribution in [0.4, 0.5) is 4.79 Å². The Kier molecular flexibility index (Phi) is 25.0. The molecule has 0 saturated carbocycles. The first kappa shape index (κ1) is 65.5. The van der Waals surface area contributed by atoms with E-state index < -0.39 is 159 Å². The van der Waals surface area contributed by atoms with E-state index in [1.165, 1.54) is 13.0 Å². The number of alkyl carbamates (subject to hydrolysis) is 1. The zero-order chi connectivity index (χ0) is 59.7. The monoisotopic (exact) mass is 1150 g/mol. The minimum Gasteiger partial charge on any atom is -0.481 e. The van der Waals surface area contributed by atoms with E-state index >= 15 is 0 Å². The van der Waals surface area contributed by atoms with Crippen LogP contribution in [0.15, 0.2) is 134 Å². The van der Waals surface area contributed by atoms with Crippen LogP contribution in [0.2, 0.25) is 0 Å². The van der Waals surface area contributed by atoms with Gasteiger partial charge in [0.1, 0.15) is 30.8 Å². The summed E-state index contributed by atoms with van der Waals surface area (Å²) in [5, 5.41) is 124. The number of aliphatic hydroxyl groups is 10. The highest BCUT2D eigenvalue weighted by Gasteiger charge is 2.51. The molecule has 0 spiro atoms. The molecule has 2 saturated heterocycles. The first-order chi connectivity index (χ1) is 39.0. The second kappa shape index (κ2) is 31.3. The van der Waals surface area contributed by atoms with Gasteiger partial charge in [-0.05, 0) is 55.4 Å². The third kappa shape index (κ3) is 18.7. The predicted octanol–water partition coefficient (Wildman–Crippen LogP) is 4.29. The third-order valence-electron chi connectivity index (χ3n) is 15.6. The van der Waals surface area contributed by atoms with E-state index in [1.54, 1.807) is 86.8 Å². The number of cyclic esters (lactones) is 1. The van der Waals surface area contributed by atoms with Crippen LogP contribution in [-0.2, 0) is 33.3 Å². The Hall–Kier alpha value is -5.69. The van der Waals surface area contributed by atoms with Gasteiger partial charge < -0.3 is 85.2 Å². The van der Waals surface area contributed by atoms with Gasteiger partial charge in [0.05, 0.1) is 73.5 Å². The van der Waals surface area contributed by atoms with Crippen LogP contribution < -0.4 is 5.32 Å². The molecule has 3 heterocycles. The molecule has 0 unspecified atom stereocenters. The average molecular weight is 1150 g/mol. The Labute approximate surface area is 478 Å². The molecule has 20 nitrogen and oxygen atoms in total. The van der Waals surface area contributed by atoms with Crippen molar-refractivity contribution in [3.63, 3.8) is 0 Å². The number of hydrogen-bond acceptors (Lipinski definition) is 18. The van der Waals surface area contributed by atoms with Gasteiger partial charge in [-0.1, -0.05) is 147 Å². The van der Waals surface area contributed by atoms with E-state index in [0.29, 0.717) is 0 Å². The Morgan fingerprint density at radius 3 is 1.80 bits per heavy atom. The van der Waals surface area contributed by atoms with Crippen molar-refractivity contribution in [1.82, 2.24) is 5.32 Å². The van der Waals surface area contributed by atoms with Crippen molar-refractivity contribution in [3.05, 3.63) is 145 Å². The minimum absolute atomic E-state index is 0.0562. The number of ether oxygens (including phenoxy) is 5. The Balaban J connectivity index is 1.19. The summed E-state index contributed by atoms with van der Waals surface area (Å²) in [4.78, 5) is 39.0. The number of carboxylic acids is 1. The van der Waals surface area contributed by atoms with Crippen molar-refractivity contribution in [2.75, 3.05) is 6.61 Å². The minimum atomic E-state index is -2.40. The fourth-order valence-electron chi connectivity index (χ4n) is 10.9. The van der Waals surface area contributed by atoms with Gasteiger partial charge in [-0.2, -0.15) is 0 Å². The van der Waals surface area contributed by atoms with Gasteiger partial charge >= 0.3 is 18.0 Å². The summed E-state index contributed by atoms with van der Waals surface area (Å²) in [5.74, 6) is -7.35. The Bertz CT molecular complexity index is 2550. The summed E-state index contributed by atoms with van der Waals surface area (Å²) in [6.07, 6.45) is 0.660. The SMILES string of the molecule is C[C@@H]1[C@H](O)[C@@H](C)/C=C/C=C/C=C/C=C/C=C/C=C/C=C/[C@H](O[C@@H]2O[C@H](C)[C@@H](O)[C@H](NC(=O)OCC3c4ccccc4-c4ccccc43)[C@@H]2O)C[C@@H]2O[C@](O)(C[C@@H](O)C[C@@H](O)[C@H](O)CC[C@@H](O)C[C@@H](O)CC(=O)O[C@H]1C)C[C@H](O)[C@H]2C(=O)O. The predicted molar refractivity (Wildman–Crippen MR) is 301 cm³/mol. The summed E-state index contributed by atoms with van der Waals surface area (Å²) in [5.41, 5.74) is 3.98. The second-order valence-electron chi connectivity index (χ2n) is 22.0. The van der Waals surface area contributed by atoms with Crippen molar-refractivity contribution >= 4 is 18.0 Å². The second-order valence-corrected chi connectivity index (χ2v) is 22.0. The first-order valence-corrected chi connectivity index (χ1v) is 28.1. The van der Waals surface area contributed by atoms with Crippen LogP contribution in [0, 0.1) is 17.8 Å². The van der Waals surface area contributed by atoms with Crippen LogP contribution in [-0.4, -0.2) is 178 Å². The van der Waals surface area contributed by atoms with Gasteiger partial charge in [0.25, 0.3) is 0 Å². The number of carbonyl (C=O) groups is 3. The van der Waals surface area contributed by atoms with E-state index in [4.69, 9.17) is 23.7 Å². The fraction of sp³-hybridized carbons (Fsp3) is 0.532. The number of allylic oxidation sites excluding steroid dienone is 12. The quantitative estimate of drug-likeness (QED) is 0.180. The molecule has 0 radical (unpaired) electrons. The maximum atomic E-state index is 13.5. The average Bonchev–Trinajstić information content (AvgIpc) is 3.08. The lowest BCUT2D eigenvalue weighted by Gasteiger charge is -2.45. The van der Waals surface area contributed by atoms with Crippen LogP contribution in [0.5, 0.6) is 0 Å². The number of esters is 1. The topological polar surface area (TPSA) is 332 Å². The lowest BCUT2D eigenvalue weighted by Crippen LogP contribution is -2.64. The van der Waals surface area contributed by atoms with Gasteiger partial charge in [0.2, 0.25) is 0 Å². The lowest BCUT2D eigenvalue weighted by atomic mass is 9.82. The number of nitrogens with one attached hydrogen (secondary N) is 1. The number of rotatable bonds is 6. The number of carboxylic acid groups (broad SMARTS) is 1. The zero-order valence-corrected chi connectivity index (χ0v) is 46.7. The Morgan fingerprint density at radius 2 is 1.21 bits per heavy atom. The third-order valence-corrected chi connectivity index (χ3v) is 15.6. The van der Waals surface area contributed by atoms with Gasteiger partial charge in [0, 0.05) is 43.4 Å². The molecule has 2 fully saturated rings. The number of amides is 1. The number of carbonyl (C=O) groups excluding carboxylic acids is 2. The number of aliphatic carboxylic acids is 1. The van der Waals surface area contributed by atoms with E-state index in [2.05, 4.69) is 5.32 Å². The van der Waals surface area contributed by atoms with Crippen LogP contribution in [0.3, 0.4) is 0 Å². The molecule has 6 rings (SSSR count). The molecule has 4 aliphatic rings. The van der Waals surface area contributed by atoms with Crippen molar-refractivity contribution in [2.45, 2.75) is 182 Å². The summed E-state index contributed by atoms with van der Waals surface area (Å²) < 4.78 is 29.5. The van der Waals surface area contributed by atoms with E-state index in [-0.39, 0.29) is 37.7 Å². The van der Waals surface area contributed by atoms with Crippen LogP contribution in [0.1, 0.15) is 96.1 Å². The summed E-state index contributed by atoms with van der Waals surface area (Å²) in [6, 6.07) is 14.2. The standard InChI is InChI=1S/C62H83NO19/c1-36-21-15-13-11-9-7-5-6-8-10-12-14-16-22-43(81-60-58(73)55(57(72)39(4)80-60)63-61(76)78-35-48-46-25-19-17-23-44(46)45-24-18-20-26-47(45)48)32-52-54(59(74)75)51(69)34-62(77,82-52)33-42(66)30-50(68)49(67)28-27-40(64)29-41(65)31-53(70)79-38(3)37(2)56(36)71/h5-26,36-43,48-52,54-58,60,64-69,71-73,77H,27-35H2,1-4H3,(H,63,76)(H,74,75)/b6-5+,9-7+,10-8+,13-11+,14-12+,21-15+,22-16+/t36-,37-,38-,39+,40+,41+,42-,43-,49+,50+,51-,52-,54+,55-,56+,57+,58-,60-,62+/m0/s1. The van der Waals surface area contributed by atoms with E-state index in [9.17, 15) is 70.6 Å². The molecule has 19 atom stereocenters. The van der Waals surface area contributed by atoms with Crippen molar-refractivity contribution < 1.29 is 94.2 Å². The molecule has 2 bridgehead atoms. The number of benzene rings is 2. The molecule has 450 valence electrons. The van der Waals surface area contributed by atoms with E-state index in [1.807, 2.05) is 61.5 Å². The normalized spacial score (nSPS) is 38.9. The summed E-state index contributed by atoms with van der Waals surface area (Å²) in [7, 11) is 0. The van der Waals surface area contributed by atoms with Crippen molar-refractivity contribution in [1.29, 1.82) is 0 Å². The smallest absolute Gasteiger partial charge is 0.407 e. The number of fused-ring (bicyclic) bond motifs is 5. The van der Waals surface area contributed by atoms with Gasteiger partial charge in [-0.15, -0.1) is 0 Å². The molecule has 0 aromatic heterocycles. The highest BCUT2D eigenvalue weighted by molar-refractivity contribution is 5.79. The van der Waals surface area contributed by atoms with Crippen molar-refractivity contribution in [2.24, 2.45) is 17.8 Å². The molecule has 1 aliphatic carbocycles. The Morgan fingerprint density at radius 1 is 0.634 bits per heavy atom. The summed E-state index contributed by atoms with van der Waals surface area (Å²) in [6.45, 7) is 6.64. The maximum absolute atomic E-state index is 13.5. The highest BCUT2D eigenvalue weighted by atomic mass is 16.7. The summed E-state index contributed by atoms with van der Waals surface area (Å²) >= 11 is 0. The highest BCUT2D eigenvalue weighted by Crippen LogP contribution is 2.45. The number of aliphatic hydroxyl groups excluding tert-OH is 9. The molecule has 2 aromatic carbocycles. The molecule has 12 N–H and O–H groups in total. The van der Waals surface area contributed by atoms with Gasteiger partial charge in [-0.3, -0.25) is 9.59 Å². The van der Waals surface area contributed by atoms with Crippen LogP contribution in [0.25, 0.3) is 11.1 Å². The molecular weight excluding hydrogens is 1060 g/mol. The maximum Gasteiger partial charge on any atom is 0.407 e.